The summed E-state index contributed by atoms with van der Waals surface area (Å²) in [6.45, 7) is -0.429. The van der Waals surface area contributed by atoms with Crippen molar-refractivity contribution in [3.8, 4) is 0 Å². The molecular weight excluding hydrogens is 763 g/mol. The minimum Gasteiger partial charge on any atom is -0.370 e. The number of fused-ring (bicyclic) bond motifs is 1. The molecule has 1 saturated heterocycles. The molecule has 59 heavy (non-hydrogen) atoms. The van der Waals surface area contributed by atoms with Gasteiger partial charge in [0.15, 0.2) is 5.96 Å². The Hall–Kier alpha value is -7.25. The van der Waals surface area contributed by atoms with Crippen LogP contribution in [0.5, 0.6) is 0 Å². The predicted octanol–water partition coefficient (Wildman–Crippen LogP) is -2.21. The highest BCUT2D eigenvalue weighted by Crippen LogP contribution is 2.20. The fraction of sp³-hybridized carbons (Fsp3) is 0.359. The quantitative estimate of drug-likeness (QED) is 0.0441. The second kappa shape index (κ2) is 20.8. The number of hydrogen-bond acceptors (Lipinski definition) is 9. The zero-order valence-corrected chi connectivity index (χ0v) is 32.2. The summed E-state index contributed by atoms with van der Waals surface area (Å²) >= 11 is 0. The molecule has 0 unspecified atom stereocenters. The summed E-state index contributed by atoms with van der Waals surface area (Å²) < 4.78 is 0. The van der Waals surface area contributed by atoms with Crippen molar-refractivity contribution >= 4 is 58.2 Å². The molecule has 312 valence electrons. The average molecular weight is 812 g/mol. The van der Waals surface area contributed by atoms with Crippen LogP contribution in [0.1, 0.15) is 42.5 Å². The molecule has 14 N–H and O–H groups in total. The molecule has 1 aliphatic rings. The molecule has 5 atom stereocenters. The second-order valence-corrected chi connectivity index (χ2v) is 14.1. The lowest BCUT2D eigenvalue weighted by molar-refractivity contribution is -0.135. The van der Waals surface area contributed by atoms with E-state index in [2.05, 4.69) is 51.8 Å². The monoisotopic (exact) mass is 811 g/mol. The average Bonchev–Trinajstić information content (AvgIpc) is 3.88. The maximum Gasteiger partial charge on any atom is 0.243 e. The van der Waals surface area contributed by atoms with Crippen LogP contribution in [0.15, 0.2) is 78.3 Å². The minimum atomic E-state index is -1.34. The maximum atomic E-state index is 14.3. The standard InChI is InChI=1S/C39H49N13O7/c40-34(55)27-12-13-32(53)46-20-33(54)48-31(17-24-19-43-21-47-24)38(59)51-29(15-22-7-2-1-3-8-22)36(57)50-28(11-6-14-44-39(41)42)35(56)52-30(37(58)49-27)16-23-18-45-26-10-5-4-9-25(23)26/h1-5,7-10,18-19,21,27-31,45H,6,11-17,20H2,(H2,40,55)(H,43,47)(H,46,53)(H,48,54)(H,49,58)(H,50,57)(H,51,59)(H,52,56)(H4,41,42,44)/t27-,28-,29+,30-,31-/m0/s1. The van der Waals surface area contributed by atoms with Crippen LogP contribution in [0.4, 0.5) is 0 Å². The van der Waals surface area contributed by atoms with Crippen molar-refractivity contribution in [1.29, 1.82) is 0 Å². The van der Waals surface area contributed by atoms with Crippen molar-refractivity contribution < 1.29 is 33.6 Å². The third kappa shape index (κ3) is 12.9. The first-order valence-corrected chi connectivity index (χ1v) is 19.0. The molecule has 2 aromatic carbocycles. The van der Waals surface area contributed by atoms with Gasteiger partial charge < -0.3 is 59.1 Å². The number of rotatable bonds is 11. The zero-order chi connectivity index (χ0) is 42.3. The summed E-state index contributed by atoms with van der Waals surface area (Å²) in [6, 6.07) is 9.71. The van der Waals surface area contributed by atoms with Crippen molar-refractivity contribution in [2.45, 2.75) is 75.2 Å². The van der Waals surface area contributed by atoms with Gasteiger partial charge in [0.2, 0.25) is 41.4 Å². The summed E-state index contributed by atoms with van der Waals surface area (Å²) in [7, 11) is 0. The van der Waals surface area contributed by atoms with Gasteiger partial charge in [-0.3, -0.25) is 38.6 Å². The molecule has 0 radical (unpaired) electrons. The van der Waals surface area contributed by atoms with E-state index in [4.69, 9.17) is 17.2 Å². The summed E-state index contributed by atoms with van der Waals surface area (Å²) in [6.07, 6.45) is 4.11. The Kier molecular flexibility index (Phi) is 15.1. The van der Waals surface area contributed by atoms with Crippen LogP contribution in [-0.4, -0.2) is 106 Å². The number of nitrogens with one attached hydrogen (secondary N) is 8. The van der Waals surface area contributed by atoms with Crippen LogP contribution in [0.25, 0.3) is 10.9 Å². The van der Waals surface area contributed by atoms with Crippen LogP contribution in [-0.2, 0) is 52.8 Å². The van der Waals surface area contributed by atoms with Crippen LogP contribution < -0.4 is 49.1 Å². The van der Waals surface area contributed by atoms with E-state index in [1.165, 1.54) is 12.5 Å². The van der Waals surface area contributed by atoms with Gasteiger partial charge in [0, 0.05) is 61.2 Å². The lowest BCUT2D eigenvalue weighted by atomic mass is 10.0. The Bertz CT molecular complexity index is 2130. The first kappa shape index (κ1) is 42.9. The number of benzene rings is 2. The Morgan fingerprint density at radius 3 is 2.05 bits per heavy atom. The molecule has 0 saturated carbocycles. The zero-order valence-electron chi connectivity index (χ0n) is 32.2. The van der Waals surface area contributed by atoms with E-state index in [0.29, 0.717) is 16.8 Å². The predicted molar refractivity (Wildman–Crippen MR) is 215 cm³/mol. The fourth-order valence-electron chi connectivity index (χ4n) is 6.55. The van der Waals surface area contributed by atoms with Gasteiger partial charge in [-0.1, -0.05) is 48.5 Å². The van der Waals surface area contributed by atoms with Crippen molar-refractivity contribution in [2.24, 2.45) is 22.2 Å². The number of primary amides is 1. The lowest BCUT2D eigenvalue weighted by Crippen LogP contribution is -2.60. The number of amides is 7. The molecule has 0 bridgehead atoms. The molecule has 2 aromatic heterocycles. The van der Waals surface area contributed by atoms with Gasteiger partial charge in [-0.15, -0.1) is 0 Å². The Labute approximate surface area is 338 Å². The third-order valence-corrected chi connectivity index (χ3v) is 9.62. The fourth-order valence-corrected chi connectivity index (χ4v) is 6.55. The SMILES string of the molecule is NC(=O)[C@@H]1CCC(=O)NCC(=O)N[C@@H](Cc2cnc[nH]2)C(=O)N[C@H](Cc2ccccc2)C(=O)N[C@@H](CCCN=C(N)N)C(=O)N[C@@H](Cc2c[nH]c3ccccc23)C(=O)N1. The van der Waals surface area contributed by atoms with Crippen LogP contribution in [0.2, 0.25) is 0 Å². The molecular formula is C39H49N13O7. The number of aromatic amines is 2. The summed E-state index contributed by atoms with van der Waals surface area (Å²) in [5.41, 5.74) is 19.3. The van der Waals surface area contributed by atoms with Gasteiger partial charge in [0.1, 0.15) is 30.2 Å². The molecule has 7 amide bonds. The van der Waals surface area contributed by atoms with E-state index in [-0.39, 0.29) is 57.5 Å². The van der Waals surface area contributed by atoms with Gasteiger partial charge in [-0.05, 0) is 36.5 Å². The largest absolute Gasteiger partial charge is 0.370 e. The van der Waals surface area contributed by atoms with Crippen molar-refractivity contribution in [1.82, 2.24) is 46.9 Å². The Balaban J connectivity index is 1.51. The second-order valence-electron chi connectivity index (χ2n) is 14.1. The number of aromatic nitrogens is 3. The molecule has 5 rings (SSSR count). The third-order valence-electron chi connectivity index (χ3n) is 9.62. The van der Waals surface area contributed by atoms with Crippen molar-refractivity contribution in [3.05, 3.63) is 90.1 Å². The molecule has 1 aliphatic heterocycles. The van der Waals surface area contributed by atoms with E-state index in [9.17, 15) is 33.6 Å². The highest BCUT2D eigenvalue weighted by molar-refractivity contribution is 5.97. The van der Waals surface area contributed by atoms with Gasteiger partial charge in [-0.2, -0.15) is 0 Å². The van der Waals surface area contributed by atoms with Crippen molar-refractivity contribution in [2.75, 3.05) is 13.1 Å². The smallest absolute Gasteiger partial charge is 0.243 e. The number of carbonyl (C=O) groups is 7. The minimum absolute atomic E-state index is 0.000684. The van der Waals surface area contributed by atoms with Gasteiger partial charge in [0.05, 0.1) is 12.9 Å². The topological polar surface area (TPSA) is 327 Å². The molecule has 1 fully saturated rings. The summed E-state index contributed by atoms with van der Waals surface area (Å²) in [4.78, 5) is 109. The normalized spacial score (nSPS) is 21.5. The number of nitrogens with two attached hydrogens (primary N) is 3. The first-order valence-electron chi connectivity index (χ1n) is 19.0. The van der Waals surface area contributed by atoms with Crippen LogP contribution >= 0.6 is 0 Å². The number of para-hydroxylation sites is 1. The van der Waals surface area contributed by atoms with Gasteiger partial charge >= 0.3 is 0 Å². The van der Waals surface area contributed by atoms with E-state index in [1.807, 2.05) is 24.3 Å². The summed E-state index contributed by atoms with van der Waals surface area (Å²) in [5.74, 6) is -5.52. The first-order chi connectivity index (χ1) is 28.4. The lowest BCUT2D eigenvalue weighted by Gasteiger charge is -2.27. The van der Waals surface area contributed by atoms with Crippen LogP contribution in [0.3, 0.4) is 0 Å². The number of aliphatic imine (C=N–C) groups is 1. The molecule has 3 heterocycles. The highest BCUT2D eigenvalue weighted by atomic mass is 16.2. The molecule has 0 spiro atoms. The van der Waals surface area contributed by atoms with Gasteiger partial charge in [-0.25, -0.2) is 4.98 Å². The number of nitrogens with zero attached hydrogens (tertiary/aromatic N) is 2. The van der Waals surface area contributed by atoms with E-state index >= 15 is 0 Å². The van der Waals surface area contributed by atoms with Gasteiger partial charge in [0.25, 0.3) is 0 Å². The molecule has 0 aliphatic carbocycles. The van der Waals surface area contributed by atoms with E-state index in [1.54, 1.807) is 36.5 Å². The van der Waals surface area contributed by atoms with E-state index in [0.717, 1.165) is 10.9 Å². The Morgan fingerprint density at radius 2 is 1.36 bits per heavy atom. The number of hydrogen-bond donors (Lipinski definition) is 11. The van der Waals surface area contributed by atoms with E-state index < -0.39 is 78.1 Å². The molecule has 4 aromatic rings. The summed E-state index contributed by atoms with van der Waals surface area (Å²) in [5, 5.41) is 16.6. The number of H-pyrrole nitrogens is 2. The maximum absolute atomic E-state index is 14.3. The highest BCUT2D eigenvalue weighted by Gasteiger charge is 2.33. The van der Waals surface area contributed by atoms with Crippen LogP contribution in [0, 0.1) is 0 Å². The number of carbonyl (C=O) groups excluding carboxylic acids is 7. The number of imidazole rings is 1. The molecule has 20 nitrogen and oxygen atoms in total. The Morgan fingerprint density at radius 1 is 0.712 bits per heavy atom. The van der Waals surface area contributed by atoms with Crippen molar-refractivity contribution in [3.63, 3.8) is 0 Å². The number of guanidine groups is 1. The molecule has 20 heteroatoms.